The molecule has 1 amide bonds. The summed E-state index contributed by atoms with van der Waals surface area (Å²) in [5.74, 6) is -0.365. The molecule has 0 saturated carbocycles. The Kier molecular flexibility index (Phi) is 6.78. The highest BCUT2D eigenvalue weighted by molar-refractivity contribution is 7.89. The topological polar surface area (TPSA) is 93.3 Å². The molecule has 0 unspecified atom stereocenters. The van der Waals surface area contributed by atoms with Gasteiger partial charge in [-0.2, -0.15) is 27.7 Å². The molecule has 1 aliphatic carbocycles. The molecular formula is C21H29F3N6O3S. The second-order valence-corrected chi connectivity index (χ2v) is 10.6. The molecule has 4 rings (SSSR count). The van der Waals surface area contributed by atoms with E-state index in [0.717, 1.165) is 12.8 Å². The Morgan fingerprint density at radius 3 is 2.35 bits per heavy atom. The number of rotatable bonds is 5. The van der Waals surface area contributed by atoms with Crippen LogP contribution < -0.4 is 0 Å². The summed E-state index contributed by atoms with van der Waals surface area (Å²) in [7, 11) is -3.75. The smallest absolute Gasteiger partial charge is 0.338 e. The lowest BCUT2D eigenvalue weighted by Gasteiger charge is -2.34. The van der Waals surface area contributed by atoms with E-state index in [2.05, 4.69) is 10.2 Å². The molecule has 188 valence electrons. The third-order valence-electron chi connectivity index (χ3n) is 6.49. The van der Waals surface area contributed by atoms with Crippen LogP contribution in [-0.4, -0.2) is 69.3 Å². The Balaban J connectivity index is 1.45. The average Bonchev–Trinajstić information content (AvgIpc) is 3.24. The van der Waals surface area contributed by atoms with Crippen LogP contribution in [0.15, 0.2) is 11.1 Å². The first kappa shape index (κ1) is 24.7. The number of sulfonamides is 1. The van der Waals surface area contributed by atoms with E-state index in [1.807, 2.05) is 6.92 Å². The minimum atomic E-state index is -4.56. The number of fused-ring (bicyclic) bond motifs is 1. The lowest BCUT2D eigenvalue weighted by molar-refractivity contribution is -0.142. The number of alkyl halides is 3. The highest BCUT2D eigenvalue weighted by Gasteiger charge is 2.40. The molecule has 34 heavy (non-hydrogen) atoms. The van der Waals surface area contributed by atoms with Crippen molar-refractivity contribution in [2.75, 3.05) is 26.2 Å². The second kappa shape index (κ2) is 9.33. The van der Waals surface area contributed by atoms with Crippen LogP contribution in [0.1, 0.15) is 48.8 Å². The third-order valence-corrected chi connectivity index (χ3v) is 8.50. The lowest BCUT2D eigenvalue weighted by atomic mass is 10.1. The van der Waals surface area contributed by atoms with Gasteiger partial charge in [0.2, 0.25) is 15.9 Å². The summed E-state index contributed by atoms with van der Waals surface area (Å²) in [5, 5.41) is 7.98. The molecule has 13 heteroatoms. The van der Waals surface area contributed by atoms with E-state index in [0.29, 0.717) is 37.2 Å². The zero-order valence-corrected chi connectivity index (χ0v) is 20.1. The first-order valence-electron chi connectivity index (χ1n) is 11.5. The van der Waals surface area contributed by atoms with Crippen LogP contribution in [0.4, 0.5) is 13.2 Å². The molecule has 0 aromatic carbocycles. The van der Waals surface area contributed by atoms with E-state index in [9.17, 15) is 26.4 Å². The molecule has 2 aromatic heterocycles. The number of carbonyl (C=O) groups excluding carboxylic acids is 1. The number of aromatic nitrogens is 4. The maximum atomic E-state index is 13.5. The van der Waals surface area contributed by atoms with Gasteiger partial charge in [-0.3, -0.25) is 14.2 Å². The number of piperazine rings is 1. The summed E-state index contributed by atoms with van der Waals surface area (Å²) in [6.07, 6.45) is -0.0216. The molecule has 1 aliphatic heterocycles. The van der Waals surface area contributed by atoms with Crippen molar-refractivity contribution < 1.29 is 26.4 Å². The van der Waals surface area contributed by atoms with Crippen LogP contribution in [0.3, 0.4) is 0 Å². The molecular weight excluding hydrogens is 473 g/mol. The van der Waals surface area contributed by atoms with Gasteiger partial charge in [-0.05, 0) is 39.5 Å². The molecule has 1 fully saturated rings. The fourth-order valence-electron chi connectivity index (χ4n) is 4.67. The Bertz CT molecular complexity index is 1160. The fourth-order valence-corrected chi connectivity index (χ4v) is 6.26. The van der Waals surface area contributed by atoms with Crippen LogP contribution in [0.5, 0.6) is 0 Å². The van der Waals surface area contributed by atoms with Crippen molar-refractivity contribution in [2.24, 2.45) is 0 Å². The maximum Gasteiger partial charge on any atom is 0.435 e. The molecule has 0 spiro atoms. The van der Waals surface area contributed by atoms with Gasteiger partial charge in [-0.1, -0.05) is 6.42 Å². The summed E-state index contributed by atoms with van der Waals surface area (Å²) in [6.45, 7) is 4.30. The zero-order chi connectivity index (χ0) is 24.7. The van der Waals surface area contributed by atoms with Crippen molar-refractivity contribution in [3.05, 3.63) is 28.8 Å². The van der Waals surface area contributed by atoms with Gasteiger partial charge in [0.15, 0.2) is 5.69 Å². The molecule has 0 N–H and O–H groups in total. The summed E-state index contributed by atoms with van der Waals surface area (Å²) in [6, 6.07) is 0. The van der Waals surface area contributed by atoms with Crippen molar-refractivity contribution >= 4 is 15.9 Å². The van der Waals surface area contributed by atoms with Crippen molar-refractivity contribution in [3.8, 4) is 0 Å². The molecule has 0 bridgehead atoms. The van der Waals surface area contributed by atoms with Gasteiger partial charge < -0.3 is 4.90 Å². The predicted molar refractivity (Wildman–Crippen MR) is 116 cm³/mol. The first-order chi connectivity index (χ1) is 16.0. The average molecular weight is 503 g/mol. The first-order valence-corrected chi connectivity index (χ1v) is 12.9. The van der Waals surface area contributed by atoms with Crippen LogP contribution in [0, 0.1) is 6.92 Å². The van der Waals surface area contributed by atoms with Gasteiger partial charge in [0.1, 0.15) is 11.4 Å². The Labute approximate surface area is 196 Å². The summed E-state index contributed by atoms with van der Waals surface area (Å²) in [4.78, 5) is 14.6. The molecule has 0 atom stereocenters. The molecule has 1 saturated heterocycles. The summed E-state index contributed by atoms with van der Waals surface area (Å²) < 4.78 is 70.7. The summed E-state index contributed by atoms with van der Waals surface area (Å²) in [5.41, 5.74) is 0.218. The van der Waals surface area contributed by atoms with E-state index in [-0.39, 0.29) is 49.1 Å². The highest BCUT2D eigenvalue weighted by Crippen LogP contribution is 2.35. The SMILES string of the molecule is CCn1cc(S(=O)(=O)N2CCN(C(=O)Cn3nc(C(F)(F)F)c4c3CCCCC4)CC2)c(C)n1. The van der Waals surface area contributed by atoms with Gasteiger partial charge in [-0.25, -0.2) is 8.42 Å². The number of hydrogen-bond acceptors (Lipinski definition) is 5. The van der Waals surface area contributed by atoms with Crippen molar-refractivity contribution in [1.82, 2.24) is 28.8 Å². The summed E-state index contributed by atoms with van der Waals surface area (Å²) >= 11 is 0. The Hall–Kier alpha value is -2.41. The normalized spacial score (nSPS) is 18.1. The second-order valence-electron chi connectivity index (χ2n) is 8.71. The minimum absolute atomic E-state index is 0.107. The fraction of sp³-hybridized carbons (Fsp3) is 0.667. The van der Waals surface area contributed by atoms with Crippen LogP contribution in [0.2, 0.25) is 0 Å². The molecule has 9 nitrogen and oxygen atoms in total. The van der Waals surface area contributed by atoms with Gasteiger partial charge in [0, 0.05) is 50.2 Å². The van der Waals surface area contributed by atoms with Crippen LogP contribution >= 0.6 is 0 Å². The zero-order valence-electron chi connectivity index (χ0n) is 19.3. The lowest BCUT2D eigenvalue weighted by Crippen LogP contribution is -2.51. The molecule has 2 aromatic rings. The van der Waals surface area contributed by atoms with Gasteiger partial charge in [-0.15, -0.1) is 0 Å². The van der Waals surface area contributed by atoms with E-state index >= 15 is 0 Å². The van der Waals surface area contributed by atoms with Crippen molar-refractivity contribution in [1.29, 1.82) is 0 Å². The number of carbonyl (C=O) groups is 1. The molecule has 0 radical (unpaired) electrons. The van der Waals surface area contributed by atoms with Crippen LogP contribution in [0.25, 0.3) is 0 Å². The molecule has 2 aliphatic rings. The Morgan fingerprint density at radius 2 is 1.74 bits per heavy atom. The van der Waals surface area contributed by atoms with E-state index in [1.165, 1.54) is 20.1 Å². The predicted octanol–water partition coefficient (Wildman–Crippen LogP) is 2.23. The van der Waals surface area contributed by atoms with Gasteiger partial charge in [0.25, 0.3) is 0 Å². The monoisotopic (exact) mass is 502 g/mol. The number of nitrogens with zero attached hydrogens (tertiary/aromatic N) is 6. The van der Waals surface area contributed by atoms with Gasteiger partial charge in [0.05, 0.1) is 5.69 Å². The van der Waals surface area contributed by atoms with Crippen molar-refractivity contribution in [3.63, 3.8) is 0 Å². The number of aryl methyl sites for hydroxylation is 2. The number of amides is 1. The van der Waals surface area contributed by atoms with E-state index in [4.69, 9.17) is 0 Å². The highest BCUT2D eigenvalue weighted by atomic mass is 32.2. The van der Waals surface area contributed by atoms with Gasteiger partial charge >= 0.3 is 6.18 Å². The van der Waals surface area contributed by atoms with E-state index < -0.39 is 21.9 Å². The largest absolute Gasteiger partial charge is 0.435 e. The Morgan fingerprint density at radius 1 is 1.06 bits per heavy atom. The van der Waals surface area contributed by atoms with E-state index in [1.54, 1.807) is 11.6 Å². The molecule has 3 heterocycles. The number of halogens is 3. The third kappa shape index (κ3) is 4.72. The minimum Gasteiger partial charge on any atom is -0.338 e. The number of hydrogen-bond donors (Lipinski definition) is 0. The maximum absolute atomic E-state index is 13.5. The van der Waals surface area contributed by atoms with Crippen molar-refractivity contribution in [2.45, 2.75) is 70.1 Å². The standard InChI is InChI=1S/C21H29F3N6O3S/c1-3-28-13-18(15(2)25-28)34(32,33)29-11-9-27(10-12-29)19(31)14-30-17-8-6-4-5-7-16(17)20(26-30)21(22,23)24/h13H,3-12,14H2,1-2H3. The van der Waals surface area contributed by atoms with Crippen LogP contribution in [-0.2, 0) is 46.9 Å². The quantitative estimate of drug-likeness (QED) is 0.585.